The van der Waals surface area contributed by atoms with Crippen LogP contribution in [0.1, 0.15) is 26.2 Å². The molecule has 3 rings (SSSR count). The number of hydrogen-bond donors (Lipinski definition) is 0. The Morgan fingerprint density at radius 1 is 0.692 bits per heavy atom. The third-order valence-corrected chi connectivity index (χ3v) is 3.96. The SMILES string of the molecule is C.CC.Cc1ccc(N(c2ccccc2)c2ccccc2)s1.[CH3-].[CH3-].[Re].[Rf]. The molecular formula is C22H31NReRfS-2. The van der Waals surface area contributed by atoms with Crippen LogP contribution in [-0.4, -0.2) is 0 Å². The van der Waals surface area contributed by atoms with E-state index in [1.807, 2.05) is 37.3 Å². The van der Waals surface area contributed by atoms with E-state index in [2.05, 4.69) is 72.5 Å². The number of thiophene rings is 1. The minimum absolute atomic E-state index is 0. The summed E-state index contributed by atoms with van der Waals surface area (Å²) in [5.41, 5.74) is 2.38. The van der Waals surface area contributed by atoms with E-state index in [4.69, 9.17) is 0 Å². The normalized spacial score (nSPS) is 7.81. The van der Waals surface area contributed by atoms with Gasteiger partial charge in [-0.25, -0.2) is 0 Å². The molecule has 1 nitrogen and oxygen atoms in total. The molecule has 1 heterocycles. The zero-order valence-corrected chi connectivity index (χ0v) is 25.8. The first-order valence-corrected chi connectivity index (χ1v) is 8.13. The van der Waals surface area contributed by atoms with Crippen molar-refractivity contribution in [1.29, 1.82) is 0 Å². The summed E-state index contributed by atoms with van der Waals surface area (Å²) in [5, 5.41) is 1.25. The molecule has 0 N–H and O–H groups in total. The molecule has 0 aliphatic rings. The van der Waals surface area contributed by atoms with E-state index >= 15 is 0 Å². The van der Waals surface area contributed by atoms with Gasteiger partial charge in [0.25, 0.3) is 0 Å². The summed E-state index contributed by atoms with van der Waals surface area (Å²) < 4.78 is 0. The molecule has 4 heteroatoms. The third-order valence-electron chi connectivity index (χ3n) is 2.98. The molecule has 0 aliphatic carbocycles. The fourth-order valence-electron chi connectivity index (χ4n) is 2.10. The molecular weight excluding hydrogens is 764 g/mol. The van der Waals surface area contributed by atoms with E-state index in [9.17, 15) is 0 Å². The van der Waals surface area contributed by atoms with Gasteiger partial charge in [-0.2, -0.15) is 0 Å². The Morgan fingerprint density at radius 2 is 1.08 bits per heavy atom. The summed E-state index contributed by atoms with van der Waals surface area (Å²) in [6.45, 7) is 6.14. The summed E-state index contributed by atoms with van der Waals surface area (Å²) in [6.07, 6.45) is 0. The average Bonchev–Trinajstić information content (AvgIpc) is 2.98. The van der Waals surface area contributed by atoms with Gasteiger partial charge in [0.1, 0.15) is 5.00 Å². The Balaban J connectivity index is -0.000000335. The van der Waals surface area contributed by atoms with Crippen LogP contribution < -0.4 is 4.90 Å². The number of anilines is 3. The molecule has 141 valence electrons. The summed E-state index contributed by atoms with van der Waals surface area (Å²) in [7, 11) is 0. The first-order chi connectivity index (χ1) is 10.3. The summed E-state index contributed by atoms with van der Waals surface area (Å²) >= 11 is 1.81. The second kappa shape index (κ2) is 16.1. The number of nitrogens with zero attached hydrogens (tertiary/aromatic N) is 1. The molecule has 0 fully saturated rings. The summed E-state index contributed by atoms with van der Waals surface area (Å²) in [4.78, 5) is 3.62. The van der Waals surface area contributed by atoms with Gasteiger partial charge in [0.2, 0.25) is 0 Å². The smallest absolute Gasteiger partial charge is 0.100 e. The molecule has 1 aromatic heterocycles. The van der Waals surface area contributed by atoms with Crippen LogP contribution in [0.15, 0.2) is 72.8 Å². The molecule has 0 saturated carbocycles. The Bertz CT molecular complexity index is 617. The van der Waals surface area contributed by atoms with Gasteiger partial charge in [-0.05, 0) is 43.3 Å². The van der Waals surface area contributed by atoms with Gasteiger partial charge < -0.3 is 19.8 Å². The van der Waals surface area contributed by atoms with Crippen LogP contribution in [0.25, 0.3) is 0 Å². The maximum absolute atomic E-state index is 2.29. The van der Waals surface area contributed by atoms with Gasteiger partial charge in [-0.1, -0.05) is 57.7 Å². The van der Waals surface area contributed by atoms with Crippen molar-refractivity contribution in [2.75, 3.05) is 4.90 Å². The third kappa shape index (κ3) is 7.66. The minimum atomic E-state index is 0. The molecule has 0 saturated heterocycles. The van der Waals surface area contributed by atoms with Crippen molar-refractivity contribution in [3.8, 4) is 0 Å². The predicted molar refractivity (Wildman–Crippen MR) is 115 cm³/mol. The second-order valence-electron chi connectivity index (χ2n) is 4.39. The number of aryl methyl sites for hydroxylation is 1. The topological polar surface area (TPSA) is 3.24 Å². The van der Waals surface area contributed by atoms with Crippen LogP contribution in [0.3, 0.4) is 0 Å². The van der Waals surface area contributed by atoms with Crippen LogP contribution in [0.2, 0.25) is 0 Å². The van der Waals surface area contributed by atoms with Crippen molar-refractivity contribution < 1.29 is 20.4 Å². The molecule has 26 heavy (non-hydrogen) atoms. The van der Waals surface area contributed by atoms with Gasteiger partial charge >= 0.3 is 0 Å². The second-order valence-corrected chi connectivity index (χ2v) is 5.66. The van der Waals surface area contributed by atoms with Crippen molar-refractivity contribution in [2.45, 2.75) is 28.2 Å². The predicted octanol–water partition coefficient (Wildman–Crippen LogP) is 8.09. The standard InChI is InChI=1S/C17H15NS.C2H6.CH4.2CH3.Re.Rf/c1-14-12-13-17(19-14)18(15-8-4-2-5-9-15)16-10-6-3-7-11-16;1-2;;;;;/h2-13H,1H3;1-2H3;1H4;2*1H3;;/q;;;2*-1;;. The molecule has 2 aromatic carbocycles. The molecule has 1 radical (unpaired) electrons. The molecule has 0 aliphatic heterocycles. The minimum Gasteiger partial charge on any atom is -0.358 e. The number of para-hydroxylation sites is 2. The Kier molecular flexibility index (Phi) is 19.4. The fourth-order valence-corrected chi connectivity index (χ4v) is 3.00. The first kappa shape index (κ1) is 31.4. The monoisotopic (exact) mass is 795 g/mol. The van der Waals surface area contributed by atoms with E-state index in [1.54, 1.807) is 0 Å². The average molecular weight is 795 g/mol. The van der Waals surface area contributed by atoms with E-state index in [0.717, 1.165) is 0 Å². The van der Waals surface area contributed by atoms with E-state index in [-0.39, 0.29) is 42.7 Å². The maximum atomic E-state index is 2.29. The van der Waals surface area contributed by atoms with Gasteiger partial charge in [0, 0.05) is 36.7 Å². The number of hydrogen-bond acceptors (Lipinski definition) is 2. The fraction of sp³-hybridized carbons (Fsp3) is 0.182. The molecule has 0 atom stereocenters. The molecule has 0 unspecified atom stereocenters. The van der Waals surface area contributed by atoms with Gasteiger partial charge in [-0.3, -0.25) is 0 Å². The van der Waals surface area contributed by atoms with E-state index < -0.39 is 0 Å². The zero-order chi connectivity index (χ0) is 15.1. The zero-order valence-electron chi connectivity index (χ0n) is 15.9. The maximum Gasteiger partial charge on any atom is 0.100 e. The van der Waals surface area contributed by atoms with Crippen molar-refractivity contribution in [3.05, 3.63) is 92.5 Å². The van der Waals surface area contributed by atoms with Crippen LogP contribution >= 0.6 is 11.3 Å². The molecule has 3 aromatic rings. The molecule has 0 bridgehead atoms. The van der Waals surface area contributed by atoms with Gasteiger partial charge in [0.15, 0.2) is 0 Å². The first-order valence-electron chi connectivity index (χ1n) is 7.31. The Hall–Kier alpha value is -2.40. The summed E-state index contributed by atoms with van der Waals surface area (Å²) in [6, 6.07) is 25.3. The van der Waals surface area contributed by atoms with Crippen LogP contribution in [-0.2, 0) is 20.4 Å². The van der Waals surface area contributed by atoms with E-state index in [1.165, 1.54) is 21.3 Å². The van der Waals surface area contributed by atoms with Crippen LogP contribution in [0.5, 0.6) is 0 Å². The molecule has 0 spiro atoms. The Labute approximate surface area is 173 Å². The number of benzene rings is 2. The molecule has 0 amide bonds. The van der Waals surface area contributed by atoms with Crippen molar-refractivity contribution >= 4 is 27.7 Å². The number of rotatable bonds is 3. The largest absolute Gasteiger partial charge is 0.358 e. The van der Waals surface area contributed by atoms with E-state index in [0.29, 0.717) is 0 Å². The van der Waals surface area contributed by atoms with Crippen molar-refractivity contribution in [2.24, 2.45) is 0 Å². The quantitative estimate of drug-likeness (QED) is 0.243. The van der Waals surface area contributed by atoms with Crippen LogP contribution in [0.4, 0.5) is 16.4 Å². The van der Waals surface area contributed by atoms with Gasteiger partial charge in [-0.15, -0.1) is 11.3 Å². The van der Waals surface area contributed by atoms with Gasteiger partial charge in [0.05, 0.1) is 0 Å². The summed E-state index contributed by atoms with van der Waals surface area (Å²) in [5.74, 6) is 0. The van der Waals surface area contributed by atoms with Crippen LogP contribution in [0, 0.1) is 21.8 Å². The Morgan fingerprint density at radius 3 is 1.38 bits per heavy atom. The van der Waals surface area contributed by atoms with Crippen molar-refractivity contribution in [3.63, 3.8) is 0 Å². The van der Waals surface area contributed by atoms with Crippen molar-refractivity contribution in [1.82, 2.24) is 0 Å².